The van der Waals surface area contributed by atoms with Crippen LogP contribution in [0.4, 0.5) is 14.5 Å². The Kier molecular flexibility index (Phi) is 9.72. The standard InChI is InChI=1S/C31H38F2N6O3/c1-5-6-7-8-21(11-22-12-28(36-19(22)2)25-17-35-39(4)18-25)29(41)38-27-13-23(16-34-20(27)3)30(42)37-26(9-10-40)24-14-31(32,33)15-24/h7-8,11-13,16-18,24,26,36,40H,5-6,9-10,14-15H2,1-4H3,(H,37,42)(H,38,41)/b8-7+,21-11+. The Balaban J connectivity index is 1.54. The van der Waals surface area contributed by atoms with E-state index in [-0.39, 0.29) is 37.3 Å². The van der Waals surface area contributed by atoms with Crippen LogP contribution in [0.15, 0.2) is 48.4 Å². The number of alkyl halides is 2. The number of rotatable bonds is 12. The summed E-state index contributed by atoms with van der Waals surface area (Å²) in [5.74, 6) is -4.02. The summed E-state index contributed by atoms with van der Waals surface area (Å²) < 4.78 is 28.6. The zero-order valence-corrected chi connectivity index (χ0v) is 24.4. The van der Waals surface area contributed by atoms with Gasteiger partial charge in [-0.25, -0.2) is 8.78 Å². The monoisotopic (exact) mass is 580 g/mol. The Bertz CT molecular complexity index is 1480. The molecule has 2 amide bonds. The number of halogens is 2. The van der Waals surface area contributed by atoms with Crippen LogP contribution in [-0.4, -0.2) is 55.2 Å². The number of pyridine rings is 1. The third-order valence-electron chi connectivity index (χ3n) is 7.44. The van der Waals surface area contributed by atoms with E-state index in [0.29, 0.717) is 17.0 Å². The molecular weight excluding hydrogens is 542 g/mol. The quantitative estimate of drug-likeness (QED) is 0.170. The number of aliphatic hydroxyl groups is 1. The Morgan fingerprint density at radius 1 is 1.26 bits per heavy atom. The maximum absolute atomic E-state index is 13.5. The van der Waals surface area contributed by atoms with E-state index in [2.05, 4.69) is 32.6 Å². The predicted molar refractivity (Wildman–Crippen MR) is 158 cm³/mol. The second-order valence-electron chi connectivity index (χ2n) is 10.9. The summed E-state index contributed by atoms with van der Waals surface area (Å²) in [6.45, 7) is 5.47. The number of amides is 2. The number of carbonyl (C=O) groups is 2. The summed E-state index contributed by atoms with van der Waals surface area (Å²) in [5, 5.41) is 19.3. The average Bonchev–Trinajstić information content (AvgIpc) is 3.52. The van der Waals surface area contributed by atoms with Crippen LogP contribution in [0.25, 0.3) is 17.3 Å². The van der Waals surface area contributed by atoms with Gasteiger partial charge in [-0.3, -0.25) is 19.3 Å². The maximum atomic E-state index is 13.5. The van der Waals surface area contributed by atoms with Crippen molar-refractivity contribution in [2.75, 3.05) is 11.9 Å². The van der Waals surface area contributed by atoms with Crippen molar-refractivity contribution < 1.29 is 23.5 Å². The first-order chi connectivity index (χ1) is 20.0. The summed E-state index contributed by atoms with van der Waals surface area (Å²) in [4.78, 5) is 34.2. The van der Waals surface area contributed by atoms with Gasteiger partial charge in [0.2, 0.25) is 5.92 Å². The molecule has 0 spiro atoms. The SMILES string of the molecule is CCC/C=C/C(=C\c1cc(-c2cnn(C)c2)[nH]c1C)C(=O)Nc1cc(C(=O)NC(CCO)C2CC(F)(F)C2)cnc1C. The molecule has 3 aromatic heterocycles. The normalized spacial score (nSPS) is 15.9. The van der Waals surface area contributed by atoms with Gasteiger partial charge >= 0.3 is 0 Å². The minimum absolute atomic E-state index is 0.175. The number of allylic oxidation sites excluding steroid dienone is 1. The van der Waals surface area contributed by atoms with Crippen LogP contribution >= 0.6 is 0 Å². The molecule has 1 aliphatic carbocycles. The Morgan fingerprint density at radius 3 is 2.67 bits per heavy atom. The number of H-pyrrole nitrogens is 1. The van der Waals surface area contributed by atoms with E-state index in [4.69, 9.17) is 0 Å². The molecule has 0 radical (unpaired) electrons. The number of aryl methyl sites for hydroxylation is 3. The minimum Gasteiger partial charge on any atom is -0.396 e. The van der Waals surface area contributed by atoms with Crippen LogP contribution in [0.2, 0.25) is 0 Å². The summed E-state index contributed by atoms with van der Waals surface area (Å²) in [6, 6.07) is 2.91. The van der Waals surface area contributed by atoms with E-state index in [1.165, 1.54) is 12.3 Å². The molecule has 0 bridgehead atoms. The highest BCUT2D eigenvalue weighted by atomic mass is 19.3. The van der Waals surface area contributed by atoms with Gasteiger partial charge in [0.1, 0.15) is 0 Å². The van der Waals surface area contributed by atoms with Crippen molar-refractivity contribution in [1.29, 1.82) is 0 Å². The topological polar surface area (TPSA) is 125 Å². The summed E-state index contributed by atoms with van der Waals surface area (Å²) in [7, 11) is 1.85. The smallest absolute Gasteiger partial charge is 0.255 e. The average molecular weight is 581 g/mol. The molecule has 11 heteroatoms. The van der Waals surface area contributed by atoms with Gasteiger partial charge in [-0.2, -0.15) is 5.10 Å². The highest BCUT2D eigenvalue weighted by Gasteiger charge is 2.48. The third-order valence-corrected chi connectivity index (χ3v) is 7.44. The Morgan fingerprint density at radius 2 is 2.02 bits per heavy atom. The first kappa shape index (κ1) is 30.8. The number of aliphatic hydroxyl groups excluding tert-OH is 1. The molecule has 3 heterocycles. The molecule has 1 unspecified atom stereocenters. The zero-order valence-electron chi connectivity index (χ0n) is 24.4. The Hall–Kier alpha value is -4.12. The fourth-order valence-corrected chi connectivity index (χ4v) is 4.96. The molecule has 0 aromatic carbocycles. The zero-order chi connectivity index (χ0) is 30.4. The molecule has 1 saturated carbocycles. The highest BCUT2D eigenvalue weighted by Crippen LogP contribution is 2.44. The van der Waals surface area contributed by atoms with E-state index >= 15 is 0 Å². The highest BCUT2D eigenvalue weighted by molar-refractivity contribution is 6.09. The van der Waals surface area contributed by atoms with Gasteiger partial charge < -0.3 is 20.7 Å². The molecule has 4 N–H and O–H groups in total. The predicted octanol–water partition coefficient (Wildman–Crippen LogP) is 5.33. The van der Waals surface area contributed by atoms with E-state index in [0.717, 1.165) is 35.4 Å². The summed E-state index contributed by atoms with van der Waals surface area (Å²) in [5.41, 5.74) is 5.02. The lowest BCUT2D eigenvalue weighted by Crippen LogP contribution is -2.50. The second-order valence-corrected chi connectivity index (χ2v) is 10.9. The third kappa shape index (κ3) is 7.58. The van der Waals surface area contributed by atoms with E-state index in [1.807, 2.05) is 32.3 Å². The molecule has 224 valence electrons. The van der Waals surface area contributed by atoms with Crippen LogP contribution in [0.1, 0.15) is 66.3 Å². The molecule has 0 saturated heterocycles. The lowest BCUT2D eigenvalue weighted by atomic mass is 9.75. The molecule has 1 fully saturated rings. The van der Waals surface area contributed by atoms with E-state index in [9.17, 15) is 23.5 Å². The largest absolute Gasteiger partial charge is 0.396 e. The lowest BCUT2D eigenvalue weighted by Gasteiger charge is -2.40. The molecule has 4 rings (SSSR count). The molecule has 0 aliphatic heterocycles. The van der Waals surface area contributed by atoms with Crippen molar-refractivity contribution in [3.8, 4) is 11.3 Å². The van der Waals surface area contributed by atoms with Crippen LogP contribution in [0.3, 0.4) is 0 Å². The molecule has 1 aliphatic rings. The van der Waals surface area contributed by atoms with Gasteiger partial charge in [0.15, 0.2) is 0 Å². The maximum Gasteiger partial charge on any atom is 0.255 e. The van der Waals surface area contributed by atoms with Gasteiger partial charge in [0.25, 0.3) is 11.8 Å². The number of hydrogen-bond donors (Lipinski definition) is 4. The van der Waals surface area contributed by atoms with Crippen molar-refractivity contribution in [3.63, 3.8) is 0 Å². The lowest BCUT2D eigenvalue weighted by molar-refractivity contribution is -0.119. The fourth-order valence-electron chi connectivity index (χ4n) is 4.96. The first-order valence-corrected chi connectivity index (χ1v) is 14.1. The summed E-state index contributed by atoms with van der Waals surface area (Å²) >= 11 is 0. The number of anilines is 1. The minimum atomic E-state index is -2.73. The van der Waals surface area contributed by atoms with Crippen LogP contribution in [0, 0.1) is 19.8 Å². The van der Waals surface area contributed by atoms with Crippen LogP contribution in [0.5, 0.6) is 0 Å². The van der Waals surface area contributed by atoms with Gasteiger partial charge in [-0.05, 0) is 56.4 Å². The van der Waals surface area contributed by atoms with Gasteiger partial charge in [-0.15, -0.1) is 0 Å². The molecule has 9 nitrogen and oxygen atoms in total. The van der Waals surface area contributed by atoms with E-state index in [1.54, 1.807) is 30.0 Å². The van der Waals surface area contributed by atoms with E-state index < -0.39 is 23.8 Å². The number of hydrogen-bond acceptors (Lipinski definition) is 5. The molecule has 1 atom stereocenters. The Labute approximate surface area is 244 Å². The van der Waals surface area contributed by atoms with Crippen molar-refractivity contribution in [2.24, 2.45) is 13.0 Å². The second kappa shape index (κ2) is 13.2. The summed E-state index contributed by atoms with van der Waals surface area (Å²) in [6.07, 6.45) is 11.8. The van der Waals surface area contributed by atoms with Crippen molar-refractivity contribution in [3.05, 3.63) is 71.0 Å². The number of unbranched alkanes of at least 4 members (excludes halogenated alkanes) is 1. The molecule has 3 aromatic rings. The van der Waals surface area contributed by atoms with Crippen molar-refractivity contribution in [1.82, 2.24) is 25.1 Å². The van der Waals surface area contributed by atoms with Crippen molar-refractivity contribution >= 4 is 23.6 Å². The number of nitrogens with one attached hydrogen (secondary N) is 3. The van der Waals surface area contributed by atoms with Gasteiger partial charge in [0, 0.05) is 67.5 Å². The molecule has 42 heavy (non-hydrogen) atoms. The first-order valence-electron chi connectivity index (χ1n) is 14.1. The van der Waals surface area contributed by atoms with Crippen LogP contribution in [-0.2, 0) is 11.8 Å². The molecular formula is C31H38F2N6O3. The number of carbonyl (C=O) groups excluding carboxylic acids is 2. The van der Waals surface area contributed by atoms with Gasteiger partial charge in [-0.1, -0.05) is 25.5 Å². The number of aromatic amines is 1. The fraction of sp³-hybridized carbons (Fsp3) is 0.419. The van der Waals surface area contributed by atoms with Gasteiger partial charge in [0.05, 0.1) is 23.1 Å². The van der Waals surface area contributed by atoms with Crippen LogP contribution < -0.4 is 10.6 Å². The number of nitrogens with zero attached hydrogens (tertiary/aromatic N) is 3. The van der Waals surface area contributed by atoms with Crippen molar-refractivity contribution in [2.45, 2.75) is 64.8 Å². The number of aromatic nitrogens is 4.